The Morgan fingerprint density at radius 2 is 1.29 bits per heavy atom. The van der Waals surface area contributed by atoms with Crippen molar-refractivity contribution in [2.45, 2.75) is 0 Å². The van der Waals surface area contributed by atoms with Crippen LogP contribution in [0.15, 0.2) is 12.1 Å². The molecule has 0 fully saturated rings. The highest BCUT2D eigenvalue weighted by molar-refractivity contribution is 5.60. The molecule has 4 nitrogen and oxygen atoms in total. The van der Waals surface area contributed by atoms with Crippen LogP contribution < -0.4 is 9.47 Å². The highest BCUT2D eigenvalue weighted by atomic mass is 16.5. The Hall–Kier alpha value is -2.20. The van der Waals surface area contributed by atoms with Gasteiger partial charge in [-0.2, -0.15) is 10.5 Å². The fraction of sp³-hybridized carbons (Fsp3) is 0.200. The number of hydrogen-bond donors (Lipinski definition) is 0. The molecule has 0 atom stereocenters. The van der Waals surface area contributed by atoms with Crippen LogP contribution in [0.3, 0.4) is 0 Å². The normalized spacial score (nSPS) is 8.57. The first-order chi connectivity index (χ1) is 6.78. The summed E-state index contributed by atoms with van der Waals surface area (Å²) >= 11 is 0. The molecule has 0 heterocycles. The van der Waals surface area contributed by atoms with Crippen LogP contribution in [0.25, 0.3) is 0 Å². The molecule has 0 aliphatic carbocycles. The number of ether oxygens (including phenoxy) is 2. The molecule has 4 heteroatoms. The Morgan fingerprint density at radius 3 is 1.50 bits per heavy atom. The zero-order chi connectivity index (χ0) is 10.6. The summed E-state index contributed by atoms with van der Waals surface area (Å²) in [5.74, 6) is 0.759. The molecule has 0 saturated carbocycles. The minimum absolute atomic E-state index is 0.203. The van der Waals surface area contributed by atoms with Crippen molar-refractivity contribution < 1.29 is 9.47 Å². The summed E-state index contributed by atoms with van der Waals surface area (Å²) in [4.78, 5) is 0. The molecule has 0 saturated heterocycles. The first-order valence-corrected chi connectivity index (χ1v) is 3.83. The average molecular weight is 188 g/mol. The number of nitrogens with zero attached hydrogens (tertiary/aromatic N) is 2. The molecule has 1 aromatic carbocycles. The molecule has 0 aliphatic rings. The van der Waals surface area contributed by atoms with E-state index in [-0.39, 0.29) is 11.1 Å². The quantitative estimate of drug-likeness (QED) is 0.704. The summed E-state index contributed by atoms with van der Waals surface area (Å²) in [5, 5.41) is 17.7. The number of rotatable bonds is 2. The SMILES string of the molecule is COc1ccc(OC)c(C#N)c1C#N. The van der Waals surface area contributed by atoms with Crippen molar-refractivity contribution in [3.8, 4) is 23.6 Å². The largest absolute Gasteiger partial charge is 0.495 e. The van der Waals surface area contributed by atoms with Gasteiger partial charge >= 0.3 is 0 Å². The van der Waals surface area contributed by atoms with Gasteiger partial charge in [-0.3, -0.25) is 0 Å². The fourth-order valence-corrected chi connectivity index (χ4v) is 1.13. The van der Waals surface area contributed by atoms with Crippen molar-refractivity contribution in [1.82, 2.24) is 0 Å². The van der Waals surface area contributed by atoms with Crippen molar-refractivity contribution in [2.24, 2.45) is 0 Å². The van der Waals surface area contributed by atoms with Gasteiger partial charge in [0.1, 0.15) is 34.8 Å². The Balaban J connectivity index is 3.48. The third-order valence-corrected chi connectivity index (χ3v) is 1.79. The lowest BCUT2D eigenvalue weighted by atomic mass is 10.1. The first kappa shape index (κ1) is 9.88. The van der Waals surface area contributed by atoms with Gasteiger partial charge in [0, 0.05) is 0 Å². The maximum absolute atomic E-state index is 8.84. The molecular formula is C10H8N2O2. The summed E-state index contributed by atoms with van der Waals surface area (Å²) in [6, 6.07) is 7.02. The van der Waals surface area contributed by atoms with Crippen LogP contribution in [0, 0.1) is 22.7 Å². The van der Waals surface area contributed by atoms with Gasteiger partial charge in [0.15, 0.2) is 0 Å². The van der Waals surface area contributed by atoms with Gasteiger partial charge in [0.2, 0.25) is 0 Å². The van der Waals surface area contributed by atoms with E-state index < -0.39 is 0 Å². The summed E-state index contributed by atoms with van der Waals surface area (Å²) in [6.07, 6.45) is 0. The van der Waals surface area contributed by atoms with Crippen LogP contribution in [0.4, 0.5) is 0 Å². The molecule has 1 rings (SSSR count). The third kappa shape index (κ3) is 1.46. The molecule has 0 amide bonds. The summed E-state index contributed by atoms with van der Waals surface area (Å²) in [7, 11) is 2.90. The van der Waals surface area contributed by atoms with E-state index in [2.05, 4.69) is 0 Å². The fourth-order valence-electron chi connectivity index (χ4n) is 1.13. The van der Waals surface area contributed by atoms with Gasteiger partial charge in [-0.15, -0.1) is 0 Å². The molecule has 0 aromatic heterocycles. The molecular weight excluding hydrogens is 180 g/mol. The summed E-state index contributed by atoms with van der Waals surface area (Å²) in [6.45, 7) is 0. The topological polar surface area (TPSA) is 66.0 Å². The molecule has 0 radical (unpaired) electrons. The van der Waals surface area contributed by atoms with Crippen LogP contribution >= 0.6 is 0 Å². The van der Waals surface area contributed by atoms with E-state index in [0.29, 0.717) is 11.5 Å². The second-order valence-electron chi connectivity index (χ2n) is 2.44. The Labute approximate surface area is 81.9 Å². The van der Waals surface area contributed by atoms with E-state index in [1.165, 1.54) is 14.2 Å². The second kappa shape index (κ2) is 4.15. The molecule has 0 N–H and O–H groups in total. The lowest BCUT2D eigenvalue weighted by molar-refractivity contribution is 0.401. The lowest BCUT2D eigenvalue weighted by Crippen LogP contribution is -1.95. The highest BCUT2D eigenvalue weighted by Crippen LogP contribution is 2.28. The number of methoxy groups -OCH3 is 2. The number of benzene rings is 1. The van der Waals surface area contributed by atoms with Gasteiger partial charge in [-0.05, 0) is 12.1 Å². The third-order valence-electron chi connectivity index (χ3n) is 1.79. The van der Waals surface area contributed by atoms with Crippen LogP contribution in [0.5, 0.6) is 11.5 Å². The standard InChI is InChI=1S/C10H8N2O2/c1-13-9-3-4-10(14-2)8(6-12)7(9)5-11/h3-4H,1-2H3. The Kier molecular flexibility index (Phi) is 2.93. The lowest BCUT2D eigenvalue weighted by Gasteiger charge is -2.07. The van der Waals surface area contributed by atoms with Crippen molar-refractivity contribution in [2.75, 3.05) is 14.2 Å². The predicted octanol–water partition coefficient (Wildman–Crippen LogP) is 1.45. The zero-order valence-corrected chi connectivity index (χ0v) is 7.87. The van der Waals surface area contributed by atoms with E-state index in [9.17, 15) is 0 Å². The number of hydrogen-bond acceptors (Lipinski definition) is 4. The van der Waals surface area contributed by atoms with Gasteiger partial charge in [-0.25, -0.2) is 0 Å². The Bertz CT molecular complexity index is 386. The maximum Gasteiger partial charge on any atom is 0.138 e. The second-order valence-corrected chi connectivity index (χ2v) is 2.44. The molecule has 0 unspecified atom stereocenters. The first-order valence-electron chi connectivity index (χ1n) is 3.83. The van der Waals surface area contributed by atoms with E-state index in [1.54, 1.807) is 12.1 Å². The van der Waals surface area contributed by atoms with Crippen LogP contribution in [0.2, 0.25) is 0 Å². The maximum atomic E-state index is 8.84. The molecule has 0 aliphatic heterocycles. The zero-order valence-electron chi connectivity index (χ0n) is 7.87. The smallest absolute Gasteiger partial charge is 0.138 e. The highest BCUT2D eigenvalue weighted by Gasteiger charge is 2.13. The van der Waals surface area contributed by atoms with E-state index in [4.69, 9.17) is 20.0 Å². The van der Waals surface area contributed by atoms with E-state index >= 15 is 0 Å². The molecule has 70 valence electrons. The van der Waals surface area contributed by atoms with Gasteiger partial charge in [0.25, 0.3) is 0 Å². The van der Waals surface area contributed by atoms with Gasteiger partial charge in [0.05, 0.1) is 14.2 Å². The van der Waals surface area contributed by atoms with Crippen LogP contribution in [-0.2, 0) is 0 Å². The monoisotopic (exact) mass is 188 g/mol. The van der Waals surface area contributed by atoms with Crippen LogP contribution in [-0.4, -0.2) is 14.2 Å². The summed E-state index contributed by atoms with van der Waals surface area (Å²) in [5.41, 5.74) is 0.406. The summed E-state index contributed by atoms with van der Waals surface area (Å²) < 4.78 is 9.90. The molecule has 1 aromatic rings. The van der Waals surface area contributed by atoms with E-state index in [1.807, 2.05) is 12.1 Å². The van der Waals surface area contributed by atoms with Crippen LogP contribution in [0.1, 0.15) is 11.1 Å². The van der Waals surface area contributed by atoms with Gasteiger partial charge < -0.3 is 9.47 Å². The minimum atomic E-state index is 0.203. The van der Waals surface area contributed by atoms with Gasteiger partial charge in [-0.1, -0.05) is 0 Å². The Morgan fingerprint density at radius 1 is 0.929 bits per heavy atom. The van der Waals surface area contributed by atoms with Crippen molar-refractivity contribution >= 4 is 0 Å². The molecule has 14 heavy (non-hydrogen) atoms. The van der Waals surface area contributed by atoms with E-state index in [0.717, 1.165) is 0 Å². The van der Waals surface area contributed by atoms with Crippen molar-refractivity contribution in [1.29, 1.82) is 10.5 Å². The number of nitriles is 2. The average Bonchev–Trinajstić information content (AvgIpc) is 2.26. The molecule has 0 spiro atoms. The van der Waals surface area contributed by atoms with Crippen molar-refractivity contribution in [3.05, 3.63) is 23.3 Å². The predicted molar refractivity (Wildman–Crippen MR) is 49.0 cm³/mol. The molecule has 0 bridgehead atoms. The minimum Gasteiger partial charge on any atom is -0.495 e. The van der Waals surface area contributed by atoms with Crippen molar-refractivity contribution in [3.63, 3.8) is 0 Å².